The third kappa shape index (κ3) is 1.75. The van der Waals surface area contributed by atoms with Gasteiger partial charge in [-0.2, -0.15) is 0 Å². The first kappa shape index (κ1) is 10.2. The van der Waals surface area contributed by atoms with E-state index in [0.29, 0.717) is 0 Å². The molecule has 0 radical (unpaired) electrons. The van der Waals surface area contributed by atoms with E-state index in [1.165, 1.54) is 0 Å². The van der Waals surface area contributed by atoms with Crippen molar-refractivity contribution in [2.45, 2.75) is 31.3 Å². The second-order valence-corrected chi connectivity index (χ2v) is 5.07. The van der Waals surface area contributed by atoms with Crippen LogP contribution in [0.5, 0.6) is 5.75 Å². The Balaban J connectivity index is 2.36. The SMILES string of the molecule is Oc1ccc(C2(O)CCCC2)cc1I. The number of halogens is 1. The summed E-state index contributed by atoms with van der Waals surface area (Å²) in [6, 6.07) is 5.36. The highest BCUT2D eigenvalue weighted by atomic mass is 127. The number of rotatable bonds is 1. The molecule has 0 unspecified atom stereocenters. The smallest absolute Gasteiger partial charge is 0.128 e. The number of aliphatic hydroxyl groups is 1. The van der Waals surface area contributed by atoms with E-state index in [2.05, 4.69) is 22.6 Å². The van der Waals surface area contributed by atoms with Crippen LogP contribution in [0.3, 0.4) is 0 Å². The number of phenolic OH excluding ortho intramolecular Hbond substituents is 1. The van der Waals surface area contributed by atoms with Crippen LogP contribution in [0.25, 0.3) is 0 Å². The fourth-order valence-corrected chi connectivity index (χ4v) is 2.56. The van der Waals surface area contributed by atoms with Crippen LogP contribution in [0.2, 0.25) is 0 Å². The molecule has 2 rings (SSSR count). The zero-order valence-electron chi connectivity index (χ0n) is 7.83. The van der Waals surface area contributed by atoms with E-state index >= 15 is 0 Å². The topological polar surface area (TPSA) is 40.5 Å². The van der Waals surface area contributed by atoms with Gasteiger partial charge in [0.1, 0.15) is 5.75 Å². The van der Waals surface area contributed by atoms with E-state index < -0.39 is 5.60 Å². The molecule has 1 aliphatic rings. The maximum Gasteiger partial charge on any atom is 0.128 e. The van der Waals surface area contributed by atoms with Crippen molar-refractivity contribution in [3.05, 3.63) is 27.3 Å². The van der Waals surface area contributed by atoms with Crippen LogP contribution in [-0.4, -0.2) is 10.2 Å². The highest BCUT2D eigenvalue weighted by Crippen LogP contribution is 2.39. The van der Waals surface area contributed by atoms with Crippen molar-refractivity contribution in [2.24, 2.45) is 0 Å². The number of benzene rings is 1. The quantitative estimate of drug-likeness (QED) is 0.783. The summed E-state index contributed by atoms with van der Waals surface area (Å²) in [6.07, 6.45) is 3.86. The van der Waals surface area contributed by atoms with Gasteiger partial charge >= 0.3 is 0 Å². The number of phenols is 1. The van der Waals surface area contributed by atoms with Crippen molar-refractivity contribution >= 4 is 22.6 Å². The normalized spacial score (nSPS) is 19.9. The van der Waals surface area contributed by atoms with Crippen LogP contribution in [-0.2, 0) is 5.60 Å². The number of aromatic hydroxyl groups is 1. The molecule has 2 N–H and O–H groups in total. The van der Waals surface area contributed by atoms with E-state index in [1.807, 2.05) is 12.1 Å². The van der Waals surface area contributed by atoms with Gasteiger partial charge in [-0.25, -0.2) is 0 Å². The second kappa shape index (κ2) is 3.70. The predicted molar refractivity (Wildman–Crippen MR) is 63.2 cm³/mol. The molecule has 0 heterocycles. The summed E-state index contributed by atoms with van der Waals surface area (Å²) in [4.78, 5) is 0. The molecule has 0 amide bonds. The van der Waals surface area contributed by atoms with Crippen molar-refractivity contribution in [2.75, 3.05) is 0 Å². The molecule has 0 aliphatic heterocycles. The van der Waals surface area contributed by atoms with Gasteiger partial charge in [-0.05, 0) is 53.1 Å². The summed E-state index contributed by atoms with van der Waals surface area (Å²) >= 11 is 2.08. The van der Waals surface area contributed by atoms with Crippen molar-refractivity contribution < 1.29 is 10.2 Å². The summed E-state index contributed by atoms with van der Waals surface area (Å²) in [5.74, 6) is 0.288. The molecule has 0 spiro atoms. The first-order valence-corrected chi connectivity index (χ1v) is 5.91. The lowest BCUT2D eigenvalue weighted by molar-refractivity contribution is 0.0444. The van der Waals surface area contributed by atoms with Gasteiger partial charge in [0.15, 0.2) is 0 Å². The molecular weight excluding hydrogens is 291 g/mol. The Morgan fingerprint density at radius 3 is 2.43 bits per heavy atom. The van der Waals surface area contributed by atoms with Crippen molar-refractivity contribution in [1.29, 1.82) is 0 Å². The second-order valence-electron chi connectivity index (χ2n) is 3.90. The molecule has 0 atom stereocenters. The molecule has 2 nitrogen and oxygen atoms in total. The Hall–Kier alpha value is -0.290. The molecule has 3 heteroatoms. The largest absolute Gasteiger partial charge is 0.507 e. The highest BCUT2D eigenvalue weighted by molar-refractivity contribution is 14.1. The Bertz CT molecular complexity index is 343. The van der Waals surface area contributed by atoms with Crippen LogP contribution in [0.1, 0.15) is 31.2 Å². The Kier molecular flexibility index (Phi) is 2.70. The Morgan fingerprint density at radius 2 is 1.86 bits per heavy atom. The summed E-state index contributed by atoms with van der Waals surface area (Å²) in [5.41, 5.74) is 0.297. The van der Waals surface area contributed by atoms with E-state index in [-0.39, 0.29) is 5.75 Å². The van der Waals surface area contributed by atoms with Gasteiger partial charge in [-0.15, -0.1) is 0 Å². The molecule has 14 heavy (non-hydrogen) atoms. The molecule has 0 saturated heterocycles. The minimum Gasteiger partial charge on any atom is -0.507 e. The molecule has 1 aromatic rings. The lowest BCUT2D eigenvalue weighted by Gasteiger charge is -2.22. The van der Waals surface area contributed by atoms with E-state index in [9.17, 15) is 10.2 Å². The van der Waals surface area contributed by atoms with Crippen LogP contribution in [0.15, 0.2) is 18.2 Å². The molecular formula is C11H13IO2. The van der Waals surface area contributed by atoms with E-state index in [4.69, 9.17) is 0 Å². The average molecular weight is 304 g/mol. The molecule has 0 aromatic heterocycles. The van der Waals surface area contributed by atoms with Gasteiger partial charge in [-0.3, -0.25) is 0 Å². The van der Waals surface area contributed by atoms with Crippen LogP contribution in [0, 0.1) is 3.57 Å². The molecule has 1 aliphatic carbocycles. The van der Waals surface area contributed by atoms with Gasteiger partial charge in [-0.1, -0.05) is 18.9 Å². The fraction of sp³-hybridized carbons (Fsp3) is 0.455. The summed E-state index contributed by atoms with van der Waals surface area (Å²) in [6.45, 7) is 0. The lowest BCUT2D eigenvalue weighted by atomic mass is 9.92. The van der Waals surface area contributed by atoms with Crippen LogP contribution >= 0.6 is 22.6 Å². The van der Waals surface area contributed by atoms with Gasteiger partial charge in [0.25, 0.3) is 0 Å². The highest BCUT2D eigenvalue weighted by Gasteiger charge is 2.33. The van der Waals surface area contributed by atoms with Crippen molar-refractivity contribution in [3.8, 4) is 5.75 Å². The summed E-state index contributed by atoms with van der Waals surface area (Å²) < 4.78 is 0.806. The average Bonchev–Trinajstić information content (AvgIpc) is 2.58. The first-order chi connectivity index (χ1) is 6.62. The molecule has 1 saturated carbocycles. The van der Waals surface area contributed by atoms with Gasteiger partial charge in [0.2, 0.25) is 0 Å². The maximum atomic E-state index is 10.3. The molecule has 76 valence electrons. The number of hydrogen-bond donors (Lipinski definition) is 2. The maximum absolute atomic E-state index is 10.3. The van der Waals surface area contributed by atoms with Crippen molar-refractivity contribution in [3.63, 3.8) is 0 Å². The lowest BCUT2D eigenvalue weighted by Crippen LogP contribution is -2.20. The van der Waals surface area contributed by atoms with Crippen LogP contribution in [0.4, 0.5) is 0 Å². The Labute approximate surface area is 97.1 Å². The van der Waals surface area contributed by atoms with E-state index in [1.54, 1.807) is 6.07 Å². The van der Waals surface area contributed by atoms with Gasteiger partial charge < -0.3 is 10.2 Å². The molecule has 1 fully saturated rings. The third-order valence-electron chi connectivity index (χ3n) is 2.92. The van der Waals surface area contributed by atoms with E-state index in [0.717, 1.165) is 34.8 Å². The van der Waals surface area contributed by atoms with Gasteiger partial charge in [0, 0.05) is 0 Å². The monoisotopic (exact) mass is 304 g/mol. The van der Waals surface area contributed by atoms with Crippen LogP contribution < -0.4 is 0 Å². The zero-order valence-corrected chi connectivity index (χ0v) is 9.99. The fourth-order valence-electron chi connectivity index (χ4n) is 2.04. The minimum atomic E-state index is -0.645. The minimum absolute atomic E-state index is 0.288. The number of hydrogen-bond acceptors (Lipinski definition) is 2. The standard InChI is InChI=1S/C11H13IO2/c12-9-7-8(3-4-10(9)13)11(14)5-1-2-6-11/h3-4,7,13-14H,1-2,5-6H2. The predicted octanol–water partition coefficient (Wildman–Crippen LogP) is 2.76. The van der Waals surface area contributed by atoms with Crippen molar-refractivity contribution in [1.82, 2.24) is 0 Å². The molecule has 1 aromatic carbocycles. The summed E-state index contributed by atoms with van der Waals surface area (Å²) in [5, 5.41) is 19.7. The zero-order chi connectivity index (χ0) is 10.2. The third-order valence-corrected chi connectivity index (χ3v) is 3.78. The molecule has 0 bridgehead atoms. The Morgan fingerprint density at radius 1 is 1.21 bits per heavy atom. The summed E-state index contributed by atoms with van der Waals surface area (Å²) in [7, 11) is 0. The van der Waals surface area contributed by atoms with Gasteiger partial charge in [0.05, 0.1) is 9.17 Å². The first-order valence-electron chi connectivity index (χ1n) is 4.83.